The van der Waals surface area contributed by atoms with Crippen molar-refractivity contribution >= 4 is 23.4 Å². The van der Waals surface area contributed by atoms with E-state index in [1.54, 1.807) is 36.4 Å². The minimum absolute atomic E-state index is 0.108. The number of ether oxygens (including phenoxy) is 1. The molecule has 0 unspecified atom stereocenters. The minimum Gasteiger partial charge on any atom is -0.489 e. The maximum Gasteiger partial charge on any atom is 0.277 e. The summed E-state index contributed by atoms with van der Waals surface area (Å²) in [7, 11) is 0. The molecule has 6 nitrogen and oxygen atoms in total. The average molecular weight is 435 g/mol. The van der Waals surface area contributed by atoms with Gasteiger partial charge in [-0.3, -0.25) is 4.79 Å². The van der Waals surface area contributed by atoms with Gasteiger partial charge in [0.15, 0.2) is 0 Å². The van der Waals surface area contributed by atoms with Gasteiger partial charge in [0, 0.05) is 11.3 Å². The number of benzene rings is 3. The van der Waals surface area contributed by atoms with Crippen LogP contribution in [0.3, 0.4) is 0 Å². The summed E-state index contributed by atoms with van der Waals surface area (Å²) < 4.78 is 24.3. The van der Waals surface area contributed by atoms with E-state index < -0.39 is 0 Å². The number of amides is 1. The monoisotopic (exact) mass is 435 g/mol. The summed E-state index contributed by atoms with van der Waals surface area (Å²) in [6.07, 6.45) is 0. The maximum absolute atomic E-state index is 13.0. The van der Waals surface area contributed by atoms with Crippen LogP contribution in [0.15, 0.2) is 88.5 Å². The molecule has 1 N–H and O–H groups in total. The Labute approximate surface area is 182 Å². The minimum atomic E-state index is -0.342. The highest BCUT2D eigenvalue weighted by molar-refractivity contribution is 7.99. The van der Waals surface area contributed by atoms with Gasteiger partial charge in [-0.05, 0) is 54.1 Å². The van der Waals surface area contributed by atoms with E-state index in [0.29, 0.717) is 17.9 Å². The van der Waals surface area contributed by atoms with Gasteiger partial charge in [-0.15, -0.1) is 10.2 Å². The van der Waals surface area contributed by atoms with E-state index in [2.05, 4.69) is 15.5 Å². The zero-order chi connectivity index (χ0) is 21.5. The normalized spacial score (nSPS) is 10.6. The van der Waals surface area contributed by atoms with Crippen LogP contribution in [0.2, 0.25) is 0 Å². The third kappa shape index (κ3) is 5.93. The first kappa shape index (κ1) is 20.6. The molecule has 0 bridgehead atoms. The fourth-order valence-corrected chi connectivity index (χ4v) is 3.24. The van der Waals surface area contributed by atoms with Crippen LogP contribution in [0.5, 0.6) is 5.75 Å². The predicted octanol–water partition coefficient (Wildman–Crippen LogP) is 5.19. The van der Waals surface area contributed by atoms with Crippen LogP contribution in [0.25, 0.3) is 11.5 Å². The Hall–Kier alpha value is -3.65. The number of carbonyl (C=O) groups is 1. The Morgan fingerprint density at radius 3 is 2.45 bits per heavy atom. The molecular weight excluding hydrogens is 417 g/mol. The lowest BCUT2D eigenvalue weighted by Crippen LogP contribution is -2.13. The highest BCUT2D eigenvalue weighted by Crippen LogP contribution is 2.24. The topological polar surface area (TPSA) is 77.2 Å². The number of hydrogen-bond donors (Lipinski definition) is 1. The van der Waals surface area contributed by atoms with Crippen molar-refractivity contribution in [2.24, 2.45) is 0 Å². The van der Waals surface area contributed by atoms with Crippen LogP contribution in [-0.4, -0.2) is 21.9 Å². The smallest absolute Gasteiger partial charge is 0.277 e. The summed E-state index contributed by atoms with van der Waals surface area (Å²) in [6.45, 7) is 0.479. The van der Waals surface area contributed by atoms with E-state index in [1.807, 2.05) is 30.3 Å². The Bertz CT molecular complexity index is 1130. The third-order valence-electron chi connectivity index (χ3n) is 4.21. The summed E-state index contributed by atoms with van der Waals surface area (Å²) in [5.74, 6) is 0.552. The molecular formula is C23H18FN3O3S. The number of anilines is 1. The molecule has 1 amide bonds. The van der Waals surface area contributed by atoms with Gasteiger partial charge in [-0.1, -0.05) is 42.1 Å². The molecule has 1 aromatic heterocycles. The van der Waals surface area contributed by atoms with Gasteiger partial charge in [0.25, 0.3) is 5.22 Å². The van der Waals surface area contributed by atoms with E-state index in [0.717, 1.165) is 23.1 Å². The largest absolute Gasteiger partial charge is 0.489 e. The molecule has 0 aliphatic heterocycles. The highest BCUT2D eigenvalue weighted by Gasteiger charge is 2.11. The Morgan fingerprint density at radius 2 is 1.71 bits per heavy atom. The number of thioether (sulfide) groups is 1. The second-order valence-electron chi connectivity index (χ2n) is 6.52. The first-order valence-corrected chi connectivity index (χ1v) is 10.4. The standard InChI is InChI=1S/C23H18FN3O3S/c24-18-8-6-17(7-9-18)22-26-27-23(30-22)31-15-21(28)25-19-10-12-20(13-11-19)29-14-16-4-2-1-3-5-16/h1-13H,14-15H2,(H,25,28). The molecule has 31 heavy (non-hydrogen) atoms. The van der Waals surface area contributed by atoms with Gasteiger partial charge in [0.1, 0.15) is 18.2 Å². The molecule has 4 aromatic rings. The number of halogens is 1. The Kier molecular flexibility index (Phi) is 6.59. The molecule has 156 valence electrons. The maximum atomic E-state index is 13.0. The van der Waals surface area contributed by atoms with Gasteiger partial charge in [-0.25, -0.2) is 4.39 Å². The molecule has 0 spiro atoms. The van der Waals surface area contributed by atoms with Gasteiger partial charge < -0.3 is 14.5 Å². The average Bonchev–Trinajstić information content (AvgIpc) is 3.28. The van der Waals surface area contributed by atoms with Gasteiger partial charge in [0.05, 0.1) is 5.75 Å². The fourth-order valence-electron chi connectivity index (χ4n) is 2.68. The number of carbonyl (C=O) groups excluding carboxylic acids is 1. The second kappa shape index (κ2) is 9.90. The molecule has 1 heterocycles. The van der Waals surface area contributed by atoms with Crippen molar-refractivity contribution in [2.75, 3.05) is 11.1 Å². The van der Waals surface area contributed by atoms with Crippen molar-refractivity contribution in [1.29, 1.82) is 0 Å². The molecule has 0 radical (unpaired) electrons. The number of rotatable bonds is 8. The molecule has 0 atom stereocenters. The highest BCUT2D eigenvalue weighted by atomic mass is 32.2. The van der Waals surface area contributed by atoms with Crippen molar-refractivity contribution < 1.29 is 18.3 Å². The van der Waals surface area contributed by atoms with Gasteiger partial charge in [0.2, 0.25) is 11.8 Å². The van der Waals surface area contributed by atoms with Gasteiger partial charge >= 0.3 is 0 Å². The van der Waals surface area contributed by atoms with Crippen molar-refractivity contribution in [1.82, 2.24) is 10.2 Å². The van der Waals surface area contributed by atoms with Crippen molar-refractivity contribution in [3.8, 4) is 17.2 Å². The van der Waals surface area contributed by atoms with Crippen LogP contribution >= 0.6 is 11.8 Å². The molecule has 0 aliphatic rings. The summed E-state index contributed by atoms with van der Waals surface area (Å²) in [4.78, 5) is 12.2. The van der Waals surface area contributed by atoms with E-state index in [9.17, 15) is 9.18 Å². The lowest BCUT2D eigenvalue weighted by Gasteiger charge is -2.08. The molecule has 4 rings (SSSR count). The second-order valence-corrected chi connectivity index (χ2v) is 7.44. The molecule has 0 fully saturated rings. The predicted molar refractivity (Wildman–Crippen MR) is 116 cm³/mol. The zero-order valence-corrected chi connectivity index (χ0v) is 17.1. The molecule has 0 aliphatic carbocycles. The fraction of sp³-hybridized carbons (Fsp3) is 0.0870. The van der Waals surface area contributed by atoms with Crippen LogP contribution < -0.4 is 10.1 Å². The Balaban J connectivity index is 1.25. The van der Waals surface area contributed by atoms with E-state index in [1.165, 1.54) is 12.1 Å². The summed E-state index contributed by atoms with van der Waals surface area (Å²) in [5.41, 5.74) is 2.36. The van der Waals surface area contributed by atoms with E-state index in [-0.39, 0.29) is 28.6 Å². The quantitative estimate of drug-likeness (QED) is 0.384. The lowest BCUT2D eigenvalue weighted by molar-refractivity contribution is -0.113. The van der Waals surface area contributed by atoms with Crippen molar-refractivity contribution in [3.63, 3.8) is 0 Å². The molecule has 0 saturated heterocycles. The summed E-state index contributed by atoms with van der Waals surface area (Å²) in [6, 6.07) is 22.8. The van der Waals surface area contributed by atoms with E-state index in [4.69, 9.17) is 9.15 Å². The molecule has 3 aromatic carbocycles. The first-order chi connectivity index (χ1) is 15.2. The van der Waals surface area contributed by atoms with Crippen molar-refractivity contribution in [3.05, 3.63) is 90.2 Å². The molecule has 8 heteroatoms. The summed E-state index contributed by atoms with van der Waals surface area (Å²) in [5, 5.41) is 10.9. The SMILES string of the molecule is O=C(CSc1nnc(-c2ccc(F)cc2)o1)Nc1ccc(OCc2ccccc2)cc1. The van der Waals surface area contributed by atoms with Crippen LogP contribution in [0, 0.1) is 5.82 Å². The zero-order valence-electron chi connectivity index (χ0n) is 16.3. The van der Waals surface area contributed by atoms with E-state index >= 15 is 0 Å². The van der Waals surface area contributed by atoms with Crippen LogP contribution in [0.4, 0.5) is 10.1 Å². The number of aromatic nitrogens is 2. The van der Waals surface area contributed by atoms with Crippen molar-refractivity contribution in [2.45, 2.75) is 11.8 Å². The lowest BCUT2D eigenvalue weighted by atomic mass is 10.2. The summed E-state index contributed by atoms with van der Waals surface area (Å²) >= 11 is 1.12. The Morgan fingerprint density at radius 1 is 0.968 bits per heavy atom. The first-order valence-electron chi connectivity index (χ1n) is 9.44. The third-order valence-corrected chi connectivity index (χ3v) is 5.03. The van der Waals surface area contributed by atoms with Crippen LogP contribution in [0.1, 0.15) is 5.56 Å². The number of nitrogens with one attached hydrogen (secondary N) is 1. The molecule has 0 saturated carbocycles. The van der Waals surface area contributed by atoms with Crippen LogP contribution in [-0.2, 0) is 11.4 Å². The number of nitrogens with zero attached hydrogens (tertiary/aromatic N) is 2. The number of hydrogen-bond acceptors (Lipinski definition) is 6. The van der Waals surface area contributed by atoms with Gasteiger partial charge in [-0.2, -0.15) is 0 Å².